The first-order valence-electron chi connectivity index (χ1n) is 5.89. The zero-order valence-corrected chi connectivity index (χ0v) is 11.0. The van der Waals surface area contributed by atoms with Gasteiger partial charge in [0.25, 0.3) is 0 Å². The topological polar surface area (TPSA) is 69.1 Å². The normalized spacial score (nSPS) is 12.8. The first-order valence-corrected chi connectivity index (χ1v) is 6.27. The van der Waals surface area contributed by atoms with Gasteiger partial charge in [-0.3, -0.25) is 0 Å². The van der Waals surface area contributed by atoms with Crippen LogP contribution in [0.2, 0.25) is 5.02 Å². The van der Waals surface area contributed by atoms with Gasteiger partial charge in [0.05, 0.1) is 11.7 Å². The number of rotatable bonds is 2. The van der Waals surface area contributed by atoms with Gasteiger partial charge in [-0.1, -0.05) is 23.7 Å². The van der Waals surface area contributed by atoms with Crippen LogP contribution in [0.15, 0.2) is 36.4 Å². The summed E-state index contributed by atoms with van der Waals surface area (Å²) in [5.41, 5.74) is 8.34. The average molecular weight is 274 g/mol. The minimum absolute atomic E-state index is 0.219. The molecule has 0 saturated heterocycles. The Hall–Kier alpha value is -1.98. The molecule has 3 rings (SSSR count). The van der Waals surface area contributed by atoms with Crippen molar-refractivity contribution in [2.24, 2.45) is 5.73 Å². The number of hydrogen-bond acceptors (Lipinski definition) is 4. The maximum absolute atomic E-state index is 5.88. The van der Waals surface area contributed by atoms with Gasteiger partial charge in [-0.05, 0) is 31.2 Å². The van der Waals surface area contributed by atoms with Crippen molar-refractivity contribution >= 4 is 17.2 Å². The van der Waals surface area contributed by atoms with Gasteiger partial charge in [-0.25, -0.2) is 0 Å². The Kier molecular flexibility index (Phi) is 2.93. The quantitative estimate of drug-likeness (QED) is 0.779. The van der Waals surface area contributed by atoms with Crippen LogP contribution in [0.25, 0.3) is 16.9 Å². The molecule has 19 heavy (non-hydrogen) atoms. The van der Waals surface area contributed by atoms with Crippen LogP contribution in [0.1, 0.15) is 18.8 Å². The van der Waals surface area contributed by atoms with Crippen molar-refractivity contribution in [1.82, 2.24) is 19.8 Å². The molecule has 5 nitrogen and oxygen atoms in total. The summed E-state index contributed by atoms with van der Waals surface area (Å²) in [7, 11) is 0. The predicted molar refractivity (Wildman–Crippen MR) is 73.8 cm³/mol. The number of fused-ring (bicyclic) bond motifs is 1. The second kappa shape index (κ2) is 4.60. The van der Waals surface area contributed by atoms with Crippen molar-refractivity contribution in [3.05, 3.63) is 47.2 Å². The van der Waals surface area contributed by atoms with Crippen LogP contribution >= 0.6 is 11.6 Å². The lowest BCUT2D eigenvalue weighted by atomic mass is 10.1. The summed E-state index contributed by atoms with van der Waals surface area (Å²) < 4.78 is 1.68. The Morgan fingerprint density at radius 3 is 2.53 bits per heavy atom. The molecule has 0 aliphatic heterocycles. The van der Waals surface area contributed by atoms with Crippen LogP contribution in [0.5, 0.6) is 0 Å². The van der Waals surface area contributed by atoms with Crippen LogP contribution in [-0.4, -0.2) is 19.8 Å². The molecule has 1 aromatic carbocycles. The Morgan fingerprint density at radius 1 is 1.11 bits per heavy atom. The van der Waals surface area contributed by atoms with Crippen molar-refractivity contribution in [2.45, 2.75) is 13.0 Å². The zero-order valence-electron chi connectivity index (χ0n) is 10.3. The minimum Gasteiger partial charge on any atom is -0.321 e. The molecule has 0 spiro atoms. The Bertz CT molecular complexity index is 717. The van der Waals surface area contributed by atoms with Crippen molar-refractivity contribution in [3.63, 3.8) is 0 Å². The molecule has 1 unspecified atom stereocenters. The highest BCUT2D eigenvalue weighted by molar-refractivity contribution is 6.30. The lowest BCUT2D eigenvalue weighted by Crippen LogP contribution is -2.11. The molecule has 2 heterocycles. The Labute approximate surface area is 115 Å². The molecule has 0 bridgehead atoms. The lowest BCUT2D eigenvalue weighted by Gasteiger charge is -2.05. The average Bonchev–Trinajstić information content (AvgIpc) is 2.82. The number of nitrogens with two attached hydrogens (primary N) is 1. The molecule has 0 aliphatic rings. The van der Waals surface area contributed by atoms with Gasteiger partial charge in [0, 0.05) is 10.6 Å². The predicted octanol–water partition coefficient (Wildman–Crippen LogP) is 2.46. The summed E-state index contributed by atoms with van der Waals surface area (Å²) in [5.74, 6) is 0.644. The Morgan fingerprint density at radius 2 is 1.84 bits per heavy atom. The van der Waals surface area contributed by atoms with Gasteiger partial charge in [0.15, 0.2) is 11.5 Å². The lowest BCUT2D eigenvalue weighted by molar-refractivity contribution is 0.696. The maximum atomic E-state index is 5.88. The summed E-state index contributed by atoms with van der Waals surface area (Å²) in [6.07, 6.45) is 0. The van der Waals surface area contributed by atoms with Gasteiger partial charge in [0.1, 0.15) is 0 Å². The third-order valence-electron chi connectivity index (χ3n) is 2.83. The van der Waals surface area contributed by atoms with Crippen LogP contribution < -0.4 is 5.73 Å². The molecule has 2 aromatic heterocycles. The van der Waals surface area contributed by atoms with Gasteiger partial charge >= 0.3 is 0 Å². The second-order valence-electron chi connectivity index (χ2n) is 4.34. The van der Waals surface area contributed by atoms with Crippen LogP contribution in [0.3, 0.4) is 0 Å². The van der Waals surface area contributed by atoms with E-state index in [0.717, 1.165) is 11.3 Å². The fourth-order valence-corrected chi connectivity index (χ4v) is 1.99. The van der Waals surface area contributed by atoms with Crippen molar-refractivity contribution < 1.29 is 0 Å². The number of halogens is 1. The van der Waals surface area contributed by atoms with E-state index in [4.69, 9.17) is 17.3 Å². The number of hydrogen-bond donors (Lipinski definition) is 1. The second-order valence-corrected chi connectivity index (χ2v) is 4.78. The summed E-state index contributed by atoms with van der Waals surface area (Å²) in [5, 5.41) is 13.3. The third kappa shape index (κ3) is 2.18. The van der Waals surface area contributed by atoms with E-state index in [1.165, 1.54) is 0 Å². The monoisotopic (exact) mass is 273 g/mol. The van der Waals surface area contributed by atoms with Gasteiger partial charge in [-0.2, -0.15) is 9.61 Å². The van der Waals surface area contributed by atoms with E-state index in [-0.39, 0.29) is 6.04 Å². The SMILES string of the molecule is CC(N)c1nnc2ccc(-c3ccc(Cl)cc3)nn12. The first-order chi connectivity index (χ1) is 9.15. The molecule has 0 fully saturated rings. The number of nitrogens with zero attached hydrogens (tertiary/aromatic N) is 4. The fraction of sp³-hybridized carbons (Fsp3) is 0.154. The van der Waals surface area contributed by atoms with Crippen molar-refractivity contribution in [2.75, 3.05) is 0 Å². The molecular formula is C13H12ClN5. The van der Waals surface area contributed by atoms with Crippen LogP contribution in [0.4, 0.5) is 0 Å². The molecule has 96 valence electrons. The molecule has 0 aliphatic carbocycles. The minimum atomic E-state index is -0.219. The first kappa shape index (κ1) is 12.1. The fourth-order valence-electron chi connectivity index (χ4n) is 1.86. The smallest absolute Gasteiger partial charge is 0.178 e. The van der Waals surface area contributed by atoms with E-state index < -0.39 is 0 Å². The summed E-state index contributed by atoms with van der Waals surface area (Å²) in [6, 6.07) is 11.1. The highest BCUT2D eigenvalue weighted by atomic mass is 35.5. The number of benzene rings is 1. The summed E-state index contributed by atoms with van der Waals surface area (Å²) in [4.78, 5) is 0. The van der Waals surface area contributed by atoms with E-state index in [9.17, 15) is 0 Å². The molecule has 0 radical (unpaired) electrons. The summed E-state index contributed by atoms with van der Waals surface area (Å²) >= 11 is 5.88. The standard InChI is InChI=1S/C13H12ClN5/c1-8(15)13-17-16-12-7-6-11(18-19(12)13)9-2-4-10(14)5-3-9/h2-8H,15H2,1H3. The highest BCUT2D eigenvalue weighted by Crippen LogP contribution is 2.20. The molecule has 2 N–H and O–H groups in total. The number of aromatic nitrogens is 4. The van der Waals surface area contributed by atoms with E-state index in [2.05, 4.69) is 15.3 Å². The van der Waals surface area contributed by atoms with Gasteiger partial charge < -0.3 is 5.73 Å². The summed E-state index contributed by atoms with van der Waals surface area (Å²) in [6.45, 7) is 1.85. The van der Waals surface area contributed by atoms with Crippen molar-refractivity contribution in [1.29, 1.82) is 0 Å². The van der Waals surface area contributed by atoms with Crippen LogP contribution in [0, 0.1) is 0 Å². The van der Waals surface area contributed by atoms with Gasteiger partial charge in [-0.15, -0.1) is 10.2 Å². The molecule has 3 aromatic rings. The van der Waals surface area contributed by atoms with E-state index in [1.807, 2.05) is 43.3 Å². The van der Waals surface area contributed by atoms with E-state index in [1.54, 1.807) is 4.52 Å². The van der Waals surface area contributed by atoms with Gasteiger partial charge in [0.2, 0.25) is 0 Å². The molecule has 0 amide bonds. The molecule has 6 heteroatoms. The van der Waals surface area contributed by atoms with Crippen molar-refractivity contribution in [3.8, 4) is 11.3 Å². The van der Waals surface area contributed by atoms with Crippen LogP contribution in [-0.2, 0) is 0 Å². The third-order valence-corrected chi connectivity index (χ3v) is 3.09. The molecule has 0 saturated carbocycles. The largest absolute Gasteiger partial charge is 0.321 e. The zero-order chi connectivity index (χ0) is 13.4. The molecular weight excluding hydrogens is 262 g/mol. The maximum Gasteiger partial charge on any atom is 0.178 e. The Balaban J connectivity index is 2.14. The van der Waals surface area contributed by atoms with E-state index >= 15 is 0 Å². The molecule has 1 atom stereocenters. The highest BCUT2D eigenvalue weighted by Gasteiger charge is 2.11. The van der Waals surface area contributed by atoms with E-state index in [0.29, 0.717) is 16.5 Å².